The highest BCUT2D eigenvalue weighted by Gasteiger charge is 2.35. The number of fused-ring (bicyclic) bond motifs is 1. The van der Waals surface area contributed by atoms with E-state index in [1.807, 2.05) is 24.3 Å². The molecule has 0 bridgehead atoms. The van der Waals surface area contributed by atoms with E-state index in [0.717, 1.165) is 5.56 Å². The molecule has 3 rings (SSSR count). The van der Waals surface area contributed by atoms with Crippen LogP contribution >= 0.6 is 15.9 Å². The van der Waals surface area contributed by atoms with E-state index < -0.39 is 17.2 Å². The lowest BCUT2D eigenvalue weighted by atomic mass is 9.80. The standard InChI is InChI=1S/C16H14BrF2NO/c17-12-5-6-13(18)10(15(12)19)9-16(20)7-8-21-14-4-2-1-3-11(14)16/h1-6H,7-9,20H2. The SMILES string of the molecule is NC1(Cc2c(F)ccc(Br)c2F)CCOc2ccccc21. The zero-order valence-corrected chi connectivity index (χ0v) is 12.8. The van der Waals surface area contributed by atoms with Gasteiger partial charge < -0.3 is 10.5 Å². The molecule has 0 aliphatic carbocycles. The summed E-state index contributed by atoms with van der Waals surface area (Å²) in [6.07, 6.45) is 0.597. The third-order valence-electron chi connectivity index (χ3n) is 3.86. The fourth-order valence-corrected chi connectivity index (χ4v) is 3.08. The molecule has 0 aromatic heterocycles. The lowest BCUT2D eigenvalue weighted by Gasteiger charge is -2.36. The molecule has 0 spiro atoms. The topological polar surface area (TPSA) is 35.2 Å². The van der Waals surface area contributed by atoms with Crippen molar-refractivity contribution in [1.82, 2.24) is 0 Å². The third-order valence-corrected chi connectivity index (χ3v) is 4.47. The van der Waals surface area contributed by atoms with Gasteiger partial charge in [-0.1, -0.05) is 18.2 Å². The Morgan fingerprint density at radius 1 is 1.19 bits per heavy atom. The summed E-state index contributed by atoms with van der Waals surface area (Å²) in [4.78, 5) is 0. The maximum Gasteiger partial charge on any atom is 0.143 e. The highest BCUT2D eigenvalue weighted by Crippen LogP contribution is 2.38. The van der Waals surface area contributed by atoms with Gasteiger partial charge in [-0.25, -0.2) is 8.78 Å². The van der Waals surface area contributed by atoms with Crippen molar-refractivity contribution < 1.29 is 13.5 Å². The molecule has 2 aromatic rings. The molecule has 1 aliphatic heterocycles. The van der Waals surface area contributed by atoms with E-state index in [-0.39, 0.29) is 16.5 Å². The van der Waals surface area contributed by atoms with Gasteiger partial charge in [-0.2, -0.15) is 0 Å². The molecule has 0 saturated heterocycles. The van der Waals surface area contributed by atoms with E-state index in [1.54, 1.807) is 0 Å². The summed E-state index contributed by atoms with van der Waals surface area (Å²) in [7, 11) is 0. The highest BCUT2D eigenvalue weighted by molar-refractivity contribution is 9.10. The van der Waals surface area contributed by atoms with Crippen LogP contribution in [0.5, 0.6) is 5.75 Å². The number of hydrogen-bond acceptors (Lipinski definition) is 2. The van der Waals surface area contributed by atoms with E-state index in [4.69, 9.17) is 10.5 Å². The van der Waals surface area contributed by atoms with Crippen LogP contribution in [0.4, 0.5) is 8.78 Å². The molecular formula is C16H14BrF2NO. The van der Waals surface area contributed by atoms with Crippen LogP contribution < -0.4 is 10.5 Å². The monoisotopic (exact) mass is 353 g/mol. The van der Waals surface area contributed by atoms with Gasteiger partial charge in [-0.15, -0.1) is 0 Å². The summed E-state index contributed by atoms with van der Waals surface area (Å²) in [6, 6.07) is 9.98. The largest absolute Gasteiger partial charge is 0.493 e. The first-order valence-corrected chi connectivity index (χ1v) is 7.44. The summed E-state index contributed by atoms with van der Waals surface area (Å²) in [6.45, 7) is 0.435. The molecule has 0 amide bonds. The first-order valence-electron chi connectivity index (χ1n) is 6.65. The molecular weight excluding hydrogens is 340 g/mol. The molecule has 0 fully saturated rings. The Labute approximate surface area is 130 Å². The summed E-state index contributed by atoms with van der Waals surface area (Å²) in [5, 5.41) is 0. The molecule has 1 atom stereocenters. The number of nitrogens with two attached hydrogens (primary N) is 1. The van der Waals surface area contributed by atoms with Gasteiger partial charge in [0.05, 0.1) is 16.6 Å². The summed E-state index contributed by atoms with van der Waals surface area (Å²) < 4.78 is 34.0. The van der Waals surface area contributed by atoms with Crippen LogP contribution in [0.1, 0.15) is 17.5 Å². The second kappa shape index (κ2) is 5.39. The first-order chi connectivity index (χ1) is 10.0. The fourth-order valence-electron chi connectivity index (χ4n) is 2.71. The van der Waals surface area contributed by atoms with Crippen LogP contribution in [-0.4, -0.2) is 6.61 Å². The molecule has 0 saturated carbocycles. The zero-order chi connectivity index (χ0) is 15.0. The van der Waals surface area contributed by atoms with E-state index in [2.05, 4.69) is 15.9 Å². The second-order valence-corrected chi connectivity index (χ2v) is 6.10. The van der Waals surface area contributed by atoms with Gasteiger partial charge in [0.2, 0.25) is 0 Å². The van der Waals surface area contributed by atoms with Crippen molar-refractivity contribution in [3.05, 3.63) is 63.6 Å². The van der Waals surface area contributed by atoms with E-state index in [1.165, 1.54) is 12.1 Å². The van der Waals surface area contributed by atoms with Gasteiger partial charge in [0.15, 0.2) is 0 Å². The van der Waals surface area contributed by atoms with Crippen LogP contribution in [-0.2, 0) is 12.0 Å². The van der Waals surface area contributed by atoms with Gasteiger partial charge >= 0.3 is 0 Å². The minimum atomic E-state index is -0.836. The van der Waals surface area contributed by atoms with E-state index >= 15 is 0 Å². The lowest BCUT2D eigenvalue weighted by molar-refractivity contribution is 0.213. The highest BCUT2D eigenvalue weighted by atomic mass is 79.9. The van der Waals surface area contributed by atoms with Gasteiger partial charge in [-0.05, 0) is 34.1 Å². The molecule has 5 heteroatoms. The van der Waals surface area contributed by atoms with Crippen molar-refractivity contribution in [1.29, 1.82) is 0 Å². The molecule has 1 unspecified atom stereocenters. The number of benzene rings is 2. The maximum atomic E-state index is 14.2. The van der Waals surface area contributed by atoms with Gasteiger partial charge in [0, 0.05) is 24.0 Å². The molecule has 2 N–H and O–H groups in total. The number of rotatable bonds is 2. The van der Waals surface area contributed by atoms with Crippen molar-refractivity contribution >= 4 is 15.9 Å². The molecule has 0 radical (unpaired) electrons. The molecule has 1 aliphatic rings. The summed E-state index contributed by atoms with van der Waals surface area (Å²) in [5.74, 6) is -0.490. The molecule has 2 nitrogen and oxygen atoms in total. The first kappa shape index (κ1) is 14.5. The fraction of sp³-hybridized carbons (Fsp3) is 0.250. The number of hydrogen-bond donors (Lipinski definition) is 1. The normalized spacial score (nSPS) is 20.8. The Morgan fingerprint density at radius 3 is 2.76 bits per heavy atom. The Bertz CT molecular complexity index is 692. The zero-order valence-electron chi connectivity index (χ0n) is 11.2. The van der Waals surface area contributed by atoms with Crippen LogP contribution in [0.2, 0.25) is 0 Å². The second-order valence-electron chi connectivity index (χ2n) is 5.25. The molecule has 110 valence electrons. The van der Waals surface area contributed by atoms with Gasteiger partial charge in [0.1, 0.15) is 17.4 Å². The average molecular weight is 354 g/mol. The van der Waals surface area contributed by atoms with Crippen molar-refractivity contribution in [3.8, 4) is 5.75 Å². The van der Waals surface area contributed by atoms with Crippen LogP contribution in [0, 0.1) is 11.6 Å². The Hall–Kier alpha value is -1.46. The molecule has 21 heavy (non-hydrogen) atoms. The average Bonchev–Trinajstić information content (AvgIpc) is 2.48. The summed E-state index contributed by atoms with van der Waals surface area (Å²) in [5.41, 5.74) is 6.42. The Balaban J connectivity index is 2.05. The third kappa shape index (κ3) is 2.56. The number of para-hydroxylation sites is 1. The Kier molecular flexibility index (Phi) is 3.71. The van der Waals surface area contributed by atoms with Crippen LogP contribution in [0.15, 0.2) is 40.9 Å². The lowest BCUT2D eigenvalue weighted by Crippen LogP contribution is -2.43. The maximum absolute atomic E-state index is 14.2. The molecule has 1 heterocycles. The van der Waals surface area contributed by atoms with Gasteiger partial charge in [-0.3, -0.25) is 0 Å². The van der Waals surface area contributed by atoms with Crippen molar-refractivity contribution in [2.45, 2.75) is 18.4 Å². The predicted molar refractivity (Wildman–Crippen MR) is 80.2 cm³/mol. The van der Waals surface area contributed by atoms with Crippen molar-refractivity contribution in [2.24, 2.45) is 5.73 Å². The van der Waals surface area contributed by atoms with Gasteiger partial charge in [0.25, 0.3) is 0 Å². The summed E-state index contributed by atoms with van der Waals surface area (Å²) >= 11 is 3.09. The van der Waals surface area contributed by atoms with Crippen molar-refractivity contribution in [3.63, 3.8) is 0 Å². The minimum absolute atomic E-state index is 0.00331. The smallest absolute Gasteiger partial charge is 0.143 e. The number of ether oxygens (including phenoxy) is 1. The van der Waals surface area contributed by atoms with Crippen LogP contribution in [0.3, 0.4) is 0 Å². The quantitative estimate of drug-likeness (QED) is 0.830. The van der Waals surface area contributed by atoms with E-state index in [9.17, 15) is 8.78 Å². The minimum Gasteiger partial charge on any atom is -0.493 e. The molecule has 2 aromatic carbocycles. The predicted octanol–water partition coefficient (Wildman–Crippen LogP) is 3.91. The number of halogens is 3. The van der Waals surface area contributed by atoms with Crippen LogP contribution in [0.25, 0.3) is 0 Å². The van der Waals surface area contributed by atoms with E-state index in [0.29, 0.717) is 18.8 Å². The van der Waals surface area contributed by atoms with Crippen molar-refractivity contribution in [2.75, 3.05) is 6.61 Å². The Morgan fingerprint density at radius 2 is 1.95 bits per heavy atom.